The lowest BCUT2D eigenvalue weighted by molar-refractivity contribution is -0.137. The quantitative estimate of drug-likeness (QED) is 0.734. The van der Waals surface area contributed by atoms with Crippen molar-refractivity contribution in [2.45, 2.75) is 57.7 Å². The zero-order valence-corrected chi connectivity index (χ0v) is 11.2. The van der Waals surface area contributed by atoms with Gasteiger partial charge in [-0.1, -0.05) is 31.7 Å². The predicted molar refractivity (Wildman–Crippen MR) is 71.3 cm³/mol. The molecule has 0 saturated heterocycles. The molecule has 4 heteroatoms. The van der Waals surface area contributed by atoms with Gasteiger partial charge in [0.25, 0.3) is 0 Å². The van der Waals surface area contributed by atoms with Crippen LogP contribution in [0.1, 0.15) is 49.7 Å². The molecule has 1 fully saturated rings. The van der Waals surface area contributed by atoms with Crippen LogP contribution in [0.5, 0.6) is 0 Å². The molecule has 0 radical (unpaired) electrons. The van der Waals surface area contributed by atoms with Gasteiger partial charge in [-0.25, -0.2) is 0 Å². The Bertz CT molecular complexity index is 418. The van der Waals surface area contributed by atoms with Crippen molar-refractivity contribution in [3.8, 4) is 0 Å². The van der Waals surface area contributed by atoms with Gasteiger partial charge in [0.1, 0.15) is 0 Å². The highest BCUT2D eigenvalue weighted by Gasteiger charge is 2.31. The van der Waals surface area contributed by atoms with Crippen LogP contribution in [0.3, 0.4) is 0 Å². The molecule has 1 aromatic rings. The van der Waals surface area contributed by atoms with Gasteiger partial charge in [-0.15, -0.1) is 0 Å². The SMILES string of the molecule is Cc1ccc(C(F)(F)F)cc1NC1CCCCCC1. The molecule has 0 atom stereocenters. The topological polar surface area (TPSA) is 12.0 Å². The lowest BCUT2D eigenvalue weighted by Gasteiger charge is -2.20. The zero-order chi connectivity index (χ0) is 13.9. The first-order valence-corrected chi connectivity index (χ1v) is 6.91. The van der Waals surface area contributed by atoms with Gasteiger partial charge in [-0.2, -0.15) is 13.2 Å². The summed E-state index contributed by atoms with van der Waals surface area (Å²) in [5, 5.41) is 3.30. The first kappa shape index (κ1) is 14.2. The highest BCUT2D eigenvalue weighted by atomic mass is 19.4. The smallest absolute Gasteiger partial charge is 0.382 e. The number of benzene rings is 1. The number of aryl methyl sites for hydroxylation is 1. The Morgan fingerprint density at radius 2 is 1.68 bits per heavy atom. The van der Waals surface area contributed by atoms with E-state index in [9.17, 15) is 13.2 Å². The number of hydrogen-bond acceptors (Lipinski definition) is 1. The van der Waals surface area contributed by atoms with Gasteiger partial charge in [0.05, 0.1) is 5.56 Å². The van der Waals surface area contributed by atoms with Gasteiger partial charge >= 0.3 is 6.18 Å². The van der Waals surface area contributed by atoms with E-state index in [-0.39, 0.29) is 0 Å². The molecule has 1 N–H and O–H groups in total. The van der Waals surface area contributed by atoms with Gasteiger partial charge < -0.3 is 5.32 Å². The molecule has 0 heterocycles. The van der Waals surface area contributed by atoms with Crippen molar-refractivity contribution in [3.05, 3.63) is 29.3 Å². The summed E-state index contributed by atoms with van der Waals surface area (Å²) in [6.07, 6.45) is 2.63. The Morgan fingerprint density at radius 1 is 1.05 bits per heavy atom. The largest absolute Gasteiger partial charge is 0.416 e. The highest BCUT2D eigenvalue weighted by Crippen LogP contribution is 2.33. The second-order valence-corrected chi connectivity index (χ2v) is 5.36. The number of nitrogens with one attached hydrogen (secondary N) is 1. The van der Waals surface area contributed by atoms with Crippen LogP contribution in [0, 0.1) is 6.92 Å². The molecule has 0 aromatic heterocycles. The van der Waals surface area contributed by atoms with Gasteiger partial charge in [0, 0.05) is 11.7 Å². The summed E-state index contributed by atoms with van der Waals surface area (Å²) in [5.41, 5.74) is 0.924. The molecule has 1 saturated carbocycles. The average molecular weight is 271 g/mol. The van der Waals surface area contributed by atoms with E-state index in [2.05, 4.69) is 5.32 Å². The molecule has 1 aliphatic carbocycles. The van der Waals surface area contributed by atoms with Crippen molar-refractivity contribution in [1.82, 2.24) is 0 Å². The maximum Gasteiger partial charge on any atom is 0.416 e. The zero-order valence-electron chi connectivity index (χ0n) is 11.2. The number of halogens is 3. The van der Waals surface area contributed by atoms with Crippen molar-refractivity contribution < 1.29 is 13.2 Å². The van der Waals surface area contributed by atoms with E-state index in [1.165, 1.54) is 18.9 Å². The summed E-state index contributed by atoms with van der Waals surface area (Å²) in [4.78, 5) is 0. The van der Waals surface area contributed by atoms with Crippen LogP contribution >= 0.6 is 0 Å². The van der Waals surface area contributed by atoms with Crippen LogP contribution in [0.4, 0.5) is 18.9 Å². The van der Waals surface area contributed by atoms with Crippen LogP contribution in [-0.4, -0.2) is 6.04 Å². The molecule has 1 nitrogen and oxygen atoms in total. The standard InChI is InChI=1S/C15H20F3N/c1-11-8-9-12(15(16,17)18)10-14(11)19-13-6-4-2-3-5-7-13/h8-10,13,19H,2-7H2,1H3. The molecule has 0 unspecified atom stereocenters. The van der Waals surface area contributed by atoms with E-state index in [0.717, 1.165) is 37.3 Å². The van der Waals surface area contributed by atoms with Crippen LogP contribution in [0.15, 0.2) is 18.2 Å². The summed E-state index contributed by atoms with van der Waals surface area (Å²) < 4.78 is 38.1. The predicted octanol–water partition coefficient (Wildman–Crippen LogP) is 5.15. The molecule has 0 bridgehead atoms. The maximum absolute atomic E-state index is 12.7. The van der Waals surface area contributed by atoms with E-state index in [0.29, 0.717) is 11.7 Å². The van der Waals surface area contributed by atoms with Crippen molar-refractivity contribution in [2.24, 2.45) is 0 Å². The third-order valence-electron chi connectivity index (χ3n) is 3.78. The lowest BCUT2D eigenvalue weighted by Crippen LogP contribution is -2.19. The Labute approximate surface area is 112 Å². The monoisotopic (exact) mass is 271 g/mol. The second-order valence-electron chi connectivity index (χ2n) is 5.36. The fourth-order valence-electron chi connectivity index (χ4n) is 2.60. The first-order chi connectivity index (χ1) is 8.97. The van der Waals surface area contributed by atoms with Crippen LogP contribution in [0.2, 0.25) is 0 Å². The van der Waals surface area contributed by atoms with Crippen molar-refractivity contribution in [3.63, 3.8) is 0 Å². The summed E-state index contributed by atoms with van der Waals surface area (Å²) in [6.45, 7) is 1.85. The Kier molecular flexibility index (Phi) is 4.38. The number of anilines is 1. The Hall–Kier alpha value is -1.19. The van der Waals surface area contributed by atoms with E-state index in [1.807, 2.05) is 6.92 Å². The normalized spacial score (nSPS) is 18.1. The van der Waals surface area contributed by atoms with E-state index in [4.69, 9.17) is 0 Å². The fraction of sp³-hybridized carbons (Fsp3) is 0.600. The van der Waals surface area contributed by atoms with Gasteiger partial charge in [0.2, 0.25) is 0 Å². The van der Waals surface area contributed by atoms with Gasteiger partial charge in [-0.05, 0) is 37.5 Å². The lowest BCUT2D eigenvalue weighted by atomic mass is 10.1. The molecule has 0 spiro atoms. The maximum atomic E-state index is 12.7. The molecular formula is C15H20F3N. The molecule has 0 aliphatic heterocycles. The summed E-state index contributed by atoms with van der Waals surface area (Å²) in [5.74, 6) is 0. The minimum absolute atomic E-state index is 0.310. The van der Waals surface area contributed by atoms with E-state index in [1.54, 1.807) is 6.07 Å². The Morgan fingerprint density at radius 3 is 2.26 bits per heavy atom. The summed E-state index contributed by atoms with van der Waals surface area (Å²) in [7, 11) is 0. The van der Waals surface area contributed by atoms with Crippen molar-refractivity contribution >= 4 is 5.69 Å². The summed E-state index contributed by atoms with van der Waals surface area (Å²) in [6, 6.07) is 4.24. The molecule has 19 heavy (non-hydrogen) atoms. The molecule has 1 aliphatic rings. The highest BCUT2D eigenvalue weighted by molar-refractivity contribution is 5.53. The van der Waals surface area contributed by atoms with Crippen LogP contribution in [0.25, 0.3) is 0 Å². The van der Waals surface area contributed by atoms with Crippen LogP contribution in [-0.2, 0) is 6.18 Å². The number of rotatable bonds is 2. The number of alkyl halides is 3. The molecule has 1 aromatic carbocycles. The third-order valence-corrected chi connectivity index (χ3v) is 3.78. The first-order valence-electron chi connectivity index (χ1n) is 6.91. The average Bonchev–Trinajstić information content (AvgIpc) is 2.59. The van der Waals surface area contributed by atoms with E-state index >= 15 is 0 Å². The molecular weight excluding hydrogens is 251 g/mol. The minimum atomic E-state index is -4.27. The van der Waals surface area contributed by atoms with Gasteiger partial charge in [0.15, 0.2) is 0 Å². The van der Waals surface area contributed by atoms with Crippen LogP contribution < -0.4 is 5.32 Å². The van der Waals surface area contributed by atoms with Gasteiger partial charge in [-0.3, -0.25) is 0 Å². The molecule has 106 valence electrons. The Balaban J connectivity index is 2.14. The summed E-state index contributed by atoms with van der Waals surface area (Å²) >= 11 is 0. The van der Waals surface area contributed by atoms with E-state index < -0.39 is 11.7 Å². The van der Waals surface area contributed by atoms with Crippen molar-refractivity contribution in [2.75, 3.05) is 5.32 Å². The second kappa shape index (κ2) is 5.85. The molecule has 0 amide bonds. The fourth-order valence-corrected chi connectivity index (χ4v) is 2.60. The third kappa shape index (κ3) is 3.88. The number of hydrogen-bond donors (Lipinski definition) is 1. The minimum Gasteiger partial charge on any atom is -0.382 e. The molecule has 2 rings (SSSR count). The van der Waals surface area contributed by atoms with Crippen molar-refractivity contribution in [1.29, 1.82) is 0 Å².